The van der Waals surface area contributed by atoms with Crippen LogP contribution in [0.25, 0.3) is 0 Å². The molecule has 1 heterocycles. The largest absolute Gasteiger partial charge is 0.478 e. The van der Waals surface area contributed by atoms with Crippen molar-refractivity contribution in [2.45, 2.75) is 0 Å². The van der Waals surface area contributed by atoms with Crippen LogP contribution in [-0.4, -0.2) is 27.0 Å². The van der Waals surface area contributed by atoms with Crippen LogP contribution in [0.5, 0.6) is 0 Å². The molecule has 1 aromatic carbocycles. The molecule has 2 N–H and O–H groups in total. The molecule has 0 aliphatic rings. The zero-order valence-corrected chi connectivity index (χ0v) is 11.3. The van der Waals surface area contributed by atoms with Crippen molar-refractivity contribution in [1.29, 1.82) is 0 Å². The molecule has 1 aromatic heterocycles. The number of carboxylic acids is 1. The summed E-state index contributed by atoms with van der Waals surface area (Å²) in [6.45, 7) is 0. The van der Waals surface area contributed by atoms with Gasteiger partial charge in [0.2, 0.25) is 0 Å². The first kappa shape index (κ1) is 14.2. The van der Waals surface area contributed by atoms with Crippen molar-refractivity contribution in [2.24, 2.45) is 0 Å². The van der Waals surface area contributed by atoms with Gasteiger partial charge in [-0.2, -0.15) is 0 Å². The molecule has 20 heavy (non-hydrogen) atoms. The van der Waals surface area contributed by atoms with E-state index in [1.807, 2.05) is 0 Å². The van der Waals surface area contributed by atoms with E-state index >= 15 is 0 Å². The summed E-state index contributed by atoms with van der Waals surface area (Å²) in [5, 5.41) is 11.8. The first-order valence-corrected chi connectivity index (χ1v) is 6.04. The number of nitrogens with one attached hydrogen (secondary N) is 1. The highest BCUT2D eigenvalue weighted by Crippen LogP contribution is 2.21. The van der Waals surface area contributed by atoms with Crippen LogP contribution in [0, 0.1) is 0 Å². The van der Waals surface area contributed by atoms with Gasteiger partial charge in [0.05, 0.1) is 23.6 Å². The minimum Gasteiger partial charge on any atom is -0.478 e. The smallest absolute Gasteiger partial charge is 0.337 e. The second-order valence-electron chi connectivity index (χ2n) is 3.68. The van der Waals surface area contributed by atoms with E-state index in [4.69, 9.17) is 28.3 Å². The Bertz CT molecular complexity index is 691. The summed E-state index contributed by atoms with van der Waals surface area (Å²) >= 11 is 11.3. The Kier molecular flexibility index (Phi) is 4.16. The van der Waals surface area contributed by atoms with E-state index in [1.54, 1.807) is 0 Å². The summed E-state index contributed by atoms with van der Waals surface area (Å²) in [7, 11) is 0. The molecular weight excluding hydrogens is 305 g/mol. The third-order valence-electron chi connectivity index (χ3n) is 2.30. The van der Waals surface area contributed by atoms with Crippen LogP contribution >= 0.6 is 23.2 Å². The summed E-state index contributed by atoms with van der Waals surface area (Å²) < 4.78 is 0. The topological polar surface area (TPSA) is 92.2 Å². The fourth-order valence-electron chi connectivity index (χ4n) is 1.44. The van der Waals surface area contributed by atoms with Crippen molar-refractivity contribution in [3.63, 3.8) is 0 Å². The van der Waals surface area contributed by atoms with E-state index in [1.165, 1.54) is 30.6 Å². The fraction of sp³-hybridized carbons (Fsp3) is 0. The number of aromatic nitrogens is 2. The van der Waals surface area contributed by atoms with Crippen LogP contribution in [0.3, 0.4) is 0 Å². The highest BCUT2D eigenvalue weighted by Gasteiger charge is 2.15. The van der Waals surface area contributed by atoms with Crippen LogP contribution in [0.15, 0.2) is 30.6 Å². The lowest BCUT2D eigenvalue weighted by Crippen LogP contribution is -2.16. The number of nitrogens with zero attached hydrogens (tertiary/aromatic N) is 2. The number of hydrogen-bond acceptors (Lipinski definition) is 4. The average molecular weight is 312 g/mol. The number of carbonyl (C=O) groups is 2. The number of rotatable bonds is 3. The number of carbonyl (C=O) groups excluding carboxylic acids is 1. The number of carboxylic acid groups (broad SMARTS) is 1. The third kappa shape index (κ3) is 3.23. The fourth-order valence-corrected chi connectivity index (χ4v) is 1.76. The zero-order chi connectivity index (χ0) is 14.7. The number of aromatic carboxylic acids is 1. The maximum atomic E-state index is 11.9. The number of halogens is 2. The molecule has 0 saturated heterocycles. The third-order valence-corrected chi connectivity index (χ3v) is 2.72. The van der Waals surface area contributed by atoms with Gasteiger partial charge in [-0.1, -0.05) is 23.2 Å². The van der Waals surface area contributed by atoms with E-state index in [-0.39, 0.29) is 27.1 Å². The molecule has 6 nitrogen and oxygen atoms in total. The lowest BCUT2D eigenvalue weighted by atomic mass is 10.1. The highest BCUT2D eigenvalue weighted by molar-refractivity contribution is 6.31. The van der Waals surface area contributed by atoms with Gasteiger partial charge in [0.1, 0.15) is 10.8 Å². The Morgan fingerprint density at radius 2 is 1.95 bits per heavy atom. The van der Waals surface area contributed by atoms with Gasteiger partial charge in [0.25, 0.3) is 5.91 Å². The predicted molar refractivity (Wildman–Crippen MR) is 73.4 cm³/mol. The molecule has 0 saturated carbocycles. The lowest BCUT2D eigenvalue weighted by molar-refractivity contribution is 0.0698. The van der Waals surface area contributed by atoms with Crippen molar-refractivity contribution in [2.75, 3.05) is 5.32 Å². The van der Waals surface area contributed by atoms with Crippen LogP contribution < -0.4 is 5.32 Å². The number of hydrogen-bond donors (Lipinski definition) is 2. The first-order chi connectivity index (χ1) is 9.47. The van der Waals surface area contributed by atoms with Gasteiger partial charge in [-0.15, -0.1) is 0 Å². The van der Waals surface area contributed by atoms with Gasteiger partial charge in [0.15, 0.2) is 0 Å². The molecule has 2 rings (SSSR count). The zero-order valence-electron chi connectivity index (χ0n) is 9.80. The second-order valence-corrected chi connectivity index (χ2v) is 4.50. The van der Waals surface area contributed by atoms with Gasteiger partial charge < -0.3 is 10.4 Å². The second kappa shape index (κ2) is 5.85. The van der Waals surface area contributed by atoms with Crippen molar-refractivity contribution in [1.82, 2.24) is 9.97 Å². The molecule has 0 aliphatic heterocycles. The van der Waals surface area contributed by atoms with Gasteiger partial charge in [-0.25, -0.2) is 9.78 Å². The monoisotopic (exact) mass is 311 g/mol. The lowest BCUT2D eigenvalue weighted by Gasteiger charge is -2.08. The van der Waals surface area contributed by atoms with E-state index in [0.29, 0.717) is 0 Å². The van der Waals surface area contributed by atoms with Crippen LogP contribution in [0.4, 0.5) is 5.69 Å². The Labute approximate surface area is 123 Å². The SMILES string of the molecule is O=C(Nc1ccc(Cl)cc1C(=O)O)c1cncc(Cl)n1. The molecule has 0 spiro atoms. The molecule has 0 fully saturated rings. The first-order valence-electron chi connectivity index (χ1n) is 5.29. The molecule has 0 radical (unpaired) electrons. The Morgan fingerprint density at radius 3 is 2.60 bits per heavy atom. The van der Waals surface area contributed by atoms with E-state index in [0.717, 1.165) is 0 Å². The predicted octanol–water partition coefficient (Wildman–Crippen LogP) is 2.73. The molecule has 0 aliphatic carbocycles. The minimum atomic E-state index is -1.21. The maximum Gasteiger partial charge on any atom is 0.337 e. The Morgan fingerprint density at radius 1 is 1.20 bits per heavy atom. The number of benzene rings is 1. The molecule has 0 unspecified atom stereocenters. The molecule has 102 valence electrons. The van der Waals surface area contributed by atoms with Gasteiger partial charge in [-0.3, -0.25) is 9.78 Å². The van der Waals surface area contributed by atoms with Crippen molar-refractivity contribution in [3.8, 4) is 0 Å². The molecule has 8 heteroatoms. The normalized spacial score (nSPS) is 10.1. The van der Waals surface area contributed by atoms with Crippen LogP contribution in [-0.2, 0) is 0 Å². The van der Waals surface area contributed by atoms with E-state index in [9.17, 15) is 9.59 Å². The van der Waals surface area contributed by atoms with Crippen LogP contribution in [0.1, 0.15) is 20.8 Å². The van der Waals surface area contributed by atoms with E-state index < -0.39 is 11.9 Å². The number of amides is 1. The minimum absolute atomic E-state index is 0.0243. The van der Waals surface area contributed by atoms with Crippen molar-refractivity contribution < 1.29 is 14.7 Å². The molecule has 0 bridgehead atoms. The standard InChI is InChI=1S/C12H7Cl2N3O3/c13-6-1-2-8(7(3-6)12(19)20)17-11(18)9-4-15-5-10(14)16-9/h1-5H,(H,17,18)(H,19,20). The Hall–Kier alpha value is -2.18. The molecule has 0 atom stereocenters. The summed E-state index contributed by atoms with van der Waals surface area (Å²) in [5.41, 5.74) is -0.0432. The van der Waals surface area contributed by atoms with Gasteiger partial charge in [0, 0.05) is 5.02 Å². The average Bonchev–Trinajstić information content (AvgIpc) is 2.40. The quantitative estimate of drug-likeness (QED) is 0.909. The van der Waals surface area contributed by atoms with Gasteiger partial charge >= 0.3 is 5.97 Å². The Balaban J connectivity index is 2.30. The van der Waals surface area contributed by atoms with Gasteiger partial charge in [-0.05, 0) is 18.2 Å². The van der Waals surface area contributed by atoms with Crippen LogP contribution in [0.2, 0.25) is 10.2 Å². The number of anilines is 1. The maximum absolute atomic E-state index is 11.9. The molecular formula is C12H7Cl2N3O3. The van der Waals surface area contributed by atoms with Crippen molar-refractivity contribution >= 4 is 40.8 Å². The molecule has 1 amide bonds. The highest BCUT2D eigenvalue weighted by atomic mass is 35.5. The summed E-state index contributed by atoms with van der Waals surface area (Å²) in [6.07, 6.45) is 2.50. The summed E-state index contributed by atoms with van der Waals surface area (Å²) in [5.74, 6) is -1.83. The van der Waals surface area contributed by atoms with Crippen molar-refractivity contribution in [3.05, 3.63) is 52.0 Å². The van der Waals surface area contributed by atoms with E-state index in [2.05, 4.69) is 15.3 Å². The summed E-state index contributed by atoms with van der Waals surface area (Å²) in [4.78, 5) is 30.5. The molecule has 2 aromatic rings. The summed E-state index contributed by atoms with van der Waals surface area (Å²) in [6, 6.07) is 4.10.